The summed E-state index contributed by atoms with van der Waals surface area (Å²) in [7, 11) is 1.55. The quantitative estimate of drug-likeness (QED) is 0.809. The van der Waals surface area contributed by atoms with E-state index >= 15 is 0 Å². The standard InChI is InChI=1S/C14H21NO4/c1-11(2)15(8-9-16)14(17)10-19-13-7-5-4-6-12(13)18-3/h4-7,11,16H,8-10H2,1-3H3. The predicted octanol–water partition coefficient (Wildman–Crippen LogP) is 1.30. The first kappa shape index (κ1) is 15.3. The van der Waals surface area contributed by atoms with E-state index in [1.165, 1.54) is 0 Å². The van der Waals surface area contributed by atoms with Gasteiger partial charge < -0.3 is 19.5 Å². The molecule has 1 N–H and O–H groups in total. The number of para-hydroxylation sites is 2. The molecule has 0 aliphatic rings. The Morgan fingerprint density at radius 2 is 1.95 bits per heavy atom. The van der Waals surface area contributed by atoms with Crippen molar-refractivity contribution in [1.82, 2.24) is 4.90 Å². The summed E-state index contributed by atoms with van der Waals surface area (Å²) < 4.78 is 10.6. The Morgan fingerprint density at radius 1 is 1.32 bits per heavy atom. The highest BCUT2D eigenvalue weighted by Gasteiger charge is 2.17. The number of hydrogen-bond acceptors (Lipinski definition) is 4. The van der Waals surface area contributed by atoms with Crippen LogP contribution < -0.4 is 9.47 Å². The highest BCUT2D eigenvalue weighted by Crippen LogP contribution is 2.25. The van der Waals surface area contributed by atoms with Gasteiger partial charge in [-0.25, -0.2) is 0 Å². The summed E-state index contributed by atoms with van der Waals surface area (Å²) in [6, 6.07) is 7.20. The molecule has 0 unspecified atom stereocenters. The first-order valence-electron chi connectivity index (χ1n) is 6.26. The normalized spacial score (nSPS) is 10.4. The molecule has 0 bridgehead atoms. The summed E-state index contributed by atoms with van der Waals surface area (Å²) in [5.74, 6) is 0.967. The number of ether oxygens (including phenoxy) is 2. The van der Waals surface area contributed by atoms with Crippen molar-refractivity contribution < 1.29 is 19.4 Å². The van der Waals surface area contributed by atoms with Crippen LogP contribution in [0.25, 0.3) is 0 Å². The average Bonchev–Trinajstić information content (AvgIpc) is 2.42. The number of hydrogen-bond donors (Lipinski definition) is 1. The minimum Gasteiger partial charge on any atom is -0.493 e. The maximum atomic E-state index is 12.0. The fourth-order valence-electron chi connectivity index (χ4n) is 1.74. The van der Waals surface area contributed by atoms with Gasteiger partial charge in [-0.3, -0.25) is 4.79 Å². The van der Waals surface area contributed by atoms with Crippen LogP contribution in [0.4, 0.5) is 0 Å². The summed E-state index contributed by atoms with van der Waals surface area (Å²) in [6.45, 7) is 3.98. The summed E-state index contributed by atoms with van der Waals surface area (Å²) in [5, 5.41) is 8.95. The van der Waals surface area contributed by atoms with E-state index in [2.05, 4.69) is 0 Å². The molecule has 0 heterocycles. The first-order valence-corrected chi connectivity index (χ1v) is 6.26. The van der Waals surface area contributed by atoms with Gasteiger partial charge in [0.15, 0.2) is 18.1 Å². The Hall–Kier alpha value is -1.75. The van der Waals surface area contributed by atoms with E-state index in [-0.39, 0.29) is 25.2 Å². The van der Waals surface area contributed by atoms with Gasteiger partial charge >= 0.3 is 0 Å². The Balaban J connectivity index is 2.62. The Labute approximate surface area is 113 Å². The number of methoxy groups -OCH3 is 1. The molecule has 0 spiro atoms. The van der Waals surface area contributed by atoms with Crippen LogP contribution in [0.15, 0.2) is 24.3 Å². The van der Waals surface area contributed by atoms with Crippen LogP contribution in [0.3, 0.4) is 0 Å². The molecule has 0 saturated carbocycles. The summed E-state index contributed by atoms with van der Waals surface area (Å²) in [6.07, 6.45) is 0. The van der Waals surface area contributed by atoms with E-state index < -0.39 is 0 Å². The molecule has 1 amide bonds. The molecule has 0 atom stereocenters. The molecule has 106 valence electrons. The van der Waals surface area contributed by atoms with Crippen LogP contribution in [0.2, 0.25) is 0 Å². The van der Waals surface area contributed by atoms with E-state index in [4.69, 9.17) is 14.6 Å². The van der Waals surface area contributed by atoms with Crippen molar-refractivity contribution in [2.45, 2.75) is 19.9 Å². The number of nitrogens with zero attached hydrogens (tertiary/aromatic N) is 1. The van der Waals surface area contributed by atoms with Crippen LogP contribution in [-0.2, 0) is 4.79 Å². The monoisotopic (exact) mass is 267 g/mol. The van der Waals surface area contributed by atoms with E-state index in [9.17, 15) is 4.79 Å². The van der Waals surface area contributed by atoms with Gasteiger partial charge in [-0.1, -0.05) is 12.1 Å². The lowest BCUT2D eigenvalue weighted by Gasteiger charge is -2.26. The zero-order valence-corrected chi connectivity index (χ0v) is 11.6. The van der Waals surface area contributed by atoms with Crippen LogP contribution in [-0.4, -0.2) is 48.8 Å². The summed E-state index contributed by atoms with van der Waals surface area (Å²) in [5.41, 5.74) is 0. The van der Waals surface area contributed by atoms with Crippen molar-refractivity contribution in [3.8, 4) is 11.5 Å². The number of carbonyl (C=O) groups excluding carboxylic acids is 1. The van der Waals surface area contributed by atoms with Crippen LogP contribution in [0.1, 0.15) is 13.8 Å². The molecular weight excluding hydrogens is 246 g/mol. The lowest BCUT2D eigenvalue weighted by Crippen LogP contribution is -2.41. The third kappa shape index (κ3) is 4.44. The molecule has 0 aliphatic carbocycles. The molecular formula is C14H21NO4. The van der Waals surface area contributed by atoms with Crippen molar-refractivity contribution in [3.63, 3.8) is 0 Å². The number of amides is 1. The second kappa shape index (κ2) is 7.63. The molecule has 5 nitrogen and oxygen atoms in total. The van der Waals surface area contributed by atoms with Gasteiger partial charge in [0.05, 0.1) is 13.7 Å². The van der Waals surface area contributed by atoms with Gasteiger partial charge in [0.1, 0.15) is 0 Å². The maximum absolute atomic E-state index is 12.0. The minimum atomic E-state index is -0.157. The first-order chi connectivity index (χ1) is 9.10. The molecule has 0 aliphatic heterocycles. The third-order valence-corrected chi connectivity index (χ3v) is 2.70. The molecule has 5 heteroatoms. The number of carbonyl (C=O) groups is 1. The zero-order chi connectivity index (χ0) is 14.3. The van der Waals surface area contributed by atoms with Crippen molar-refractivity contribution in [2.75, 3.05) is 26.9 Å². The molecule has 0 aromatic heterocycles. The minimum absolute atomic E-state index is 0.0286. The number of rotatable bonds is 7. The lowest BCUT2D eigenvalue weighted by atomic mass is 10.3. The summed E-state index contributed by atoms with van der Waals surface area (Å²) in [4.78, 5) is 13.6. The molecule has 0 fully saturated rings. The topological polar surface area (TPSA) is 59.0 Å². The van der Waals surface area contributed by atoms with Crippen molar-refractivity contribution >= 4 is 5.91 Å². The number of aliphatic hydroxyl groups is 1. The second-order valence-corrected chi connectivity index (χ2v) is 4.34. The SMILES string of the molecule is COc1ccccc1OCC(=O)N(CCO)C(C)C. The largest absolute Gasteiger partial charge is 0.493 e. The van der Waals surface area contributed by atoms with E-state index in [0.29, 0.717) is 18.0 Å². The fourth-order valence-corrected chi connectivity index (χ4v) is 1.74. The van der Waals surface area contributed by atoms with Crippen LogP contribution >= 0.6 is 0 Å². The van der Waals surface area contributed by atoms with Gasteiger partial charge in [-0.2, -0.15) is 0 Å². The van der Waals surface area contributed by atoms with Crippen molar-refractivity contribution in [3.05, 3.63) is 24.3 Å². The highest BCUT2D eigenvalue weighted by molar-refractivity contribution is 5.78. The fraction of sp³-hybridized carbons (Fsp3) is 0.500. The molecule has 1 rings (SSSR count). The predicted molar refractivity (Wildman–Crippen MR) is 72.4 cm³/mol. The Morgan fingerprint density at radius 3 is 2.47 bits per heavy atom. The van der Waals surface area contributed by atoms with Gasteiger partial charge in [0.25, 0.3) is 5.91 Å². The second-order valence-electron chi connectivity index (χ2n) is 4.34. The average molecular weight is 267 g/mol. The molecule has 19 heavy (non-hydrogen) atoms. The molecule has 0 saturated heterocycles. The Kier molecular flexibility index (Phi) is 6.15. The van der Waals surface area contributed by atoms with Gasteiger partial charge in [-0.05, 0) is 26.0 Å². The zero-order valence-electron chi connectivity index (χ0n) is 11.6. The highest BCUT2D eigenvalue weighted by atomic mass is 16.5. The Bertz CT molecular complexity index is 406. The van der Waals surface area contributed by atoms with E-state index in [1.54, 1.807) is 24.1 Å². The molecule has 0 radical (unpaired) electrons. The van der Waals surface area contributed by atoms with E-state index in [0.717, 1.165) is 0 Å². The van der Waals surface area contributed by atoms with E-state index in [1.807, 2.05) is 26.0 Å². The molecule has 1 aromatic rings. The smallest absolute Gasteiger partial charge is 0.260 e. The summed E-state index contributed by atoms with van der Waals surface area (Å²) >= 11 is 0. The van der Waals surface area contributed by atoms with Crippen LogP contribution in [0, 0.1) is 0 Å². The number of aliphatic hydroxyl groups excluding tert-OH is 1. The molecule has 1 aromatic carbocycles. The number of benzene rings is 1. The van der Waals surface area contributed by atoms with Crippen molar-refractivity contribution in [1.29, 1.82) is 0 Å². The third-order valence-electron chi connectivity index (χ3n) is 2.70. The van der Waals surface area contributed by atoms with Gasteiger partial charge in [0, 0.05) is 12.6 Å². The lowest BCUT2D eigenvalue weighted by molar-refractivity contribution is -0.135. The maximum Gasteiger partial charge on any atom is 0.260 e. The van der Waals surface area contributed by atoms with Gasteiger partial charge in [-0.15, -0.1) is 0 Å². The van der Waals surface area contributed by atoms with Crippen LogP contribution in [0.5, 0.6) is 11.5 Å². The van der Waals surface area contributed by atoms with Gasteiger partial charge in [0.2, 0.25) is 0 Å². The van der Waals surface area contributed by atoms with Crippen molar-refractivity contribution in [2.24, 2.45) is 0 Å².